The van der Waals surface area contributed by atoms with Gasteiger partial charge >= 0.3 is 0 Å². The summed E-state index contributed by atoms with van der Waals surface area (Å²) in [5.41, 5.74) is 0. The minimum Gasteiger partial charge on any atom is -0.378 e. The van der Waals surface area contributed by atoms with Crippen molar-refractivity contribution in [2.45, 2.75) is 25.9 Å². The van der Waals surface area contributed by atoms with Crippen LogP contribution in [0.25, 0.3) is 0 Å². The second-order valence-electron chi connectivity index (χ2n) is 2.96. The van der Waals surface area contributed by atoms with E-state index in [9.17, 15) is 0 Å². The van der Waals surface area contributed by atoms with Crippen LogP contribution < -0.4 is 0 Å². The van der Waals surface area contributed by atoms with E-state index in [-0.39, 0.29) is 0 Å². The van der Waals surface area contributed by atoms with Gasteiger partial charge in [-0.05, 0) is 6.42 Å². The van der Waals surface area contributed by atoms with Crippen LogP contribution in [0.2, 0.25) is 0 Å². The fourth-order valence-corrected chi connectivity index (χ4v) is 1.20. The van der Waals surface area contributed by atoms with Crippen molar-refractivity contribution in [2.75, 3.05) is 20.2 Å². The van der Waals surface area contributed by atoms with Crippen LogP contribution in [0.3, 0.4) is 0 Å². The summed E-state index contributed by atoms with van der Waals surface area (Å²) in [4.78, 5) is 2.07. The first-order valence-electron chi connectivity index (χ1n) is 4.13. The van der Waals surface area contributed by atoms with E-state index in [1.807, 2.05) is 0 Å². The summed E-state index contributed by atoms with van der Waals surface area (Å²) in [6, 6.07) is 0. The maximum absolute atomic E-state index is 7.58. The van der Waals surface area contributed by atoms with Crippen molar-refractivity contribution in [3.05, 3.63) is 0 Å². The summed E-state index contributed by atoms with van der Waals surface area (Å²) in [5, 5.41) is 7.58. The van der Waals surface area contributed by atoms with E-state index in [2.05, 4.69) is 11.8 Å². The average molecular weight is 156 g/mol. The third-order valence-corrected chi connectivity index (χ3v) is 2.05. The van der Waals surface area contributed by atoms with Gasteiger partial charge in [-0.15, -0.1) is 0 Å². The van der Waals surface area contributed by atoms with E-state index in [4.69, 9.17) is 10.1 Å². The topological polar surface area (TPSA) is 36.3 Å². The van der Waals surface area contributed by atoms with E-state index >= 15 is 0 Å². The third kappa shape index (κ3) is 1.93. The lowest BCUT2D eigenvalue weighted by Crippen LogP contribution is -2.54. The van der Waals surface area contributed by atoms with Crippen LogP contribution in [0.1, 0.15) is 19.8 Å². The highest BCUT2D eigenvalue weighted by Gasteiger charge is 2.27. The molecule has 1 rings (SSSR count). The van der Waals surface area contributed by atoms with Gasteiger partial charge in [0.15, 0.2) is 0 Å². The first-order valence-corrected chi connectivity index (χ1v) is 4.13. The summed E-state index contributed by atoms with van der Waals surface area (Å²) in [7, 11) is 1.73. The first kappa shape index (κ1) is 8.53. The van der Waals surface area contributed by atoms with Gasteiger partial charge in [0.05, 0.1) is 11.9 Å². The van der Waals surface area contributed by atoms with Gasteiger partial charge in [0.25, 0.3) is 0 Å². The van der Waals surface area contributed by atoms with E-state index < -0.39 is 0 Å². The first-order chi connectivity index (χ1) is 5.27. The molecule has 1 heterocycles. The highest BCUT2D eigenvalue weighted by molar-refractivity contribution is 5.79. The molecule has 0 unspecified atom stereocenters. The molecule has 1 aliphatic rings. The Labute approximate surface area is 67.8 Å². The van der Waals surface area contributed by atoms with Gasteiger partial charge in [-0.1, -0.05) is 6.92 Å². The molecular weight excluding hydrogens is 140 g/mol. The quantitative estimate of drug-likeness (QED) is 0.490. The van der Waals surface area contributed by atoms with Gasteiger partial charge in [0.1, 0.15) is 0 Å². The molecule has 0 atom stereocenters. The molecule has 1 aliphatic heterocycles. The predicted octanol–water partition coefficient (Wildman–Crippen LogP) is 1.09. The van der Waals surface area contributed by atoms with Gasteiger partial charge in [-0.25, -0.2) is 0 Å². The number of hydrogen-bond acceptors (Lipinski definition) is 2. The average Bonchev–Trinajstić information content (AvgIpc) is 1.86. The maximum atomic E-state index is 7.58. The van der Waals surface area contributed by atoms with Gasteiger partial charge in [0.2, 0.25) is 0 Å². The fraction of sp³-hybridized carbons (Fsp3) is 0.875. The number of amidine groups is 1. The van der Waals surface area contributed by atoms with Crippen LogP contribution in [-0.4, -0.2) is 37.0 Å². The van der Waals surface area contributed by atoms with Crippen molar-refractivity contribution in [3.8, 4) is 0 Å². The van der Waals surface area contributed by atoms with E-state index in [0.717, 1.165) is 31.8 Å². The molecule has 0 amide bonds. The van der Waals surface area contributed by atoms with Crippen LogP contribution >= 0.6 is 0 Å². The lowest BCUT2D eigenvalue weighted by atomic mass is 10.1. The Morgan fingerprint density at radius 2 is 2.27 bits per heavy atom. The number of nitrogens with zero attached hydrogens (tertiary/aromatic N) is 1. The normalized spacial score (nSPS) is 18.2. The summed E-state index contributed by atoms with van der Waals surface area (Å²) in [5.74, 6) is 0.765. The van der Waals surface area contributed by atoms with Crippen molar-refractivity contribution in [3.63, 3.8) is 0 Å². The molecule has 0 spiro atoms. The molecule has 0 bridgehead atoms. The number of methoxy groups -OCH3 is 1. The minimum absolute atomic E-state index is 0.368. The van der Waals surface area contributed by atoms with Gasteiger partial charge in [-0.2, -0.15) is 0 Å². The molecule has 3 nitrogen and oxygen atoms in total. The standard InChI is InChI=1S/C8H16N2O/c1-3-4-8(9)10-5-7(6-10)11-2/h7,9H,3-6H2,1-2H3. The Balaban J connectivity index is 2.16. The highest BCUT2D eigenvalue weighted by atomic mass is 16.5. The van der Waals surface area contributed by atoms with Crippen molar-refractivity contribution in [1.29, 1.82) is 5.41 Å². The summed E-state index contributed by atoms with van der Waals surface area (Å²) >= 11 is 0. The van der Waals surface area contributed by atoms with E-state index in [1.165, 1.54) is 0 Å². The molecule has 64 valence electrons. The molecule has 1 saturated heterocycles. The van der Waals surface area contributed by atoms with Crippen LogP contribution in [0.4, 0.5) is 0 Å². The van der Waals surface area contributed by atoms with Crippen molar-refractivity contribution < 1.29 is 4.74 Å². The number of likely N-dealkylation sites (tertiary alicyclic amines) is 1. The smallest absolute Gasteiger partial charge is 0.0959 e. The van der Waals surface area contributed by atoms with Crippen LogP contribution in [0.5, 0.6) is 0 Å². The Hall–Kier alpha value is -0.570. The van der Waals surface area contributed by atoms with Gasteiger partial charge in [0, 0.05) is 26.6 Å². The minimum atomic E-state index is 0.368. The second-order valence-corrected chi connectivity index (χ2v) is 2.96. The Kier molecular flexibility index (Phi) is 2.88. The zero-order valence-corrected chi connectivity index (χ0v) is 7.26. The van der Waals surface area contributed by atoms with E-state index in [1.54, 1.807) is 7.11 Å². The monoisotopic (exact) mass is 156 g/mol. The molecular formula is C8H16N2O. The molecule has 0 aromatic heterocycles. The molecule has 3 heteroatoms. The predicted molar refractivity (Wildman–Crippen MR) is 45.0 cm³/mol. The molecule has 0 aliphatic carbocycles. The van der Waals surface area contributed by atoms with E-state index in [0.29, 0.717) is 6.10 Å². The number of nitrogens with one attached hydrogen (secondary N) is 1. The van der Waals surface area contributed by atoms with Crippen molar-refractivity contribution in [1.82, 2.24) is 4.90 Å². The zero-order chi connectivity index (χ0) is 8.27. The Morgan fingerprint density at radius 1 is 1.64 bits per heavy atom. The largest absolute Gasteiger partial charge is 0.378 e. The molecule has 1 fully saturated rings. The maximum Gasteiger partial charge on any atom is 0.0959 e. The molecule has 0 aromatic carbocycles. The zero-order valence-electron chi connectivity index (χ0n) is 7.26. The summed E-state index contributed by atoms with van der Waals surface area (Å²) < 4.78 is 5.11. The Bertz CT molecular complexity index is 141. The number of rotatable bonds is 3. The van der Waals surface area contributed by atoms with Crippen LogP contribution in [-0.2, 0) is 4.74 Å². The van der Waals surface area contributed by atoms with Crippen LogP contribution in [0.15, 0.2) is 0 Å². The third-order valence-electron chi connectivity index (χ3n) is 2.05. The molecule has 0 aromatic rings. The molecule has 0 radical (unpaired) electrons. The molecule has 11 heavy (non-hydrogen) atoms. The SMILES string of the molecule is CCCC(=N)N1CC(OC)C1. The number of ether oxygens (including phenoxy) is 1. The van der Waals surface area contributed by atoms with Gasteiger partial charge in [-0.3, -0.25) is 5.41 Å². The van der Waals surface area contributed by atoms with Crippen molar-refractivity contribution in [2.24, 2.45) is 0 Å². The summed E-state index contributed by atoms with van der Waals surface area (Å²) in [6.07, 6.45) is 2.33. The van der Waals surface area contributed by atoms with Crippen molar-refractivity contribution >= 4 is 5.84 Å². The number of hydrogen-bond donors (Lipinski definition) is 1. The van der Waals surface area contributed by atoms with Gasteiger partial charge < -0.3 is 9.64 Å². The van der Waals surface area contributed by atoms with Crippen LogP contribution in [0, 0.1) is 5.41 Å². The lowest BCUT2D eigenvalue weighted by molar-refractivity contribution is 0.00444. The lowest BCUT2D eigenvalue weighted by Gasteiger charge is -2.39. The fourth-order valence-electron chi connectivity index (χ4n) is 1.20. The molecule has 1 N–H and O–H groups in total. The summed E-state index contributed by atoms with van der Waals surface area (Å²) in [6.45, 7) is 3.92. The highest BCUT2D eigenvalue weighted by Crippen LogP contribution is 2.12. The molecule has 0 saturated carbocycles. The second kappa shape index (κ2) is 3.72. The Morgan fingerprint density at radius 3 is 2.73 bits per heavy atom.